The number of fused-ring (bicyclic) bond motifs is 1. The number of aryl methyl sites for hydroxylation is 3. The van der Waals surface area contributed by atoms with E-state index in [1.54, 1.807) is 24.4 Å². The third-order valence-electron chi connectivity index (χ3n) is 5.92. The van der Waals surface area contributed by atoms with Gasteiger partial charge in [-0.15, -0.1) is 11.3 Å². The van der Waals surface area contributed by atoms with E-state index in [2.05, 4.69) is 20.3 Å². The predicted octanol–water partition coefficient (Wildman–Crippen LogP) is 4.63. The Balaban J connectivity index is 1.48. The number of hydrogen-bond acceptors (Lipinski definition) is 8. The van der Waals surface area contributed by atoms with Crippen molar-refractivity contribution in [3.05, 3.63) is 81.9 Å². The van der Waals surface area contributed by atoms with Crippen LogP contribution >= 0.6 is 11.3 Å². The molecule has 5 rings (SSSR count). The second kappa shape index (κ2) is 8.58. The van der Waals surface area contributed by atoms with Gasteiger partial charge in [0.2, 0.25) is 0 Å². The van der Waals surface area contributed by atoms with Crippen LogP contribution in [0.2, 0.25) is 0 Å². The monoisotopic (exact) mass is 473 g/mol. The zero-order valence-corrected chi connectivity index (χ0v) is 19.6. The minimum Gasteiger partial charge on any atom is -0.478 e. The van der Waals surface area contributed by atoms with Gasteiger partial charge in [0.15, 0.2) is 0 Å². The Bertz CT molecular complexity index is 1400. The summed E-state index contributed by atoms with van der Waals surface area (Å²) in [7, 11) is 0. The molecule has 1 atom stereocenters. The number of carboxylic acid groups (broad SMARTS) is 1. The highest BCUT2D eigenvalue weighted by molar-refractivity contribution is 7.15. The van der Waals surface area contributed by atoms with Gasteiger partial charge in [-0.05, 0) is 74.1 Å². The van der Waals surface area contributed by atoms with Gasteiger partial charge in [-0.3, -0.25) is 0 Å². The van der Waals surface area contributed by atoms with Crippen LogP contribution in [0.15, 0.2) is 48.9 Å². The minimum absolute atomic E-state index is 0.227. The largest absolute Gasteiger partial charge is 0.478 e. The summed E-state index contributed by atoms with van der Waals surface area (Å²) in [5.41, 5.74) is 3.18. The Morgan fingerprint density at radius 2 is 1.94 bits per heavy atom. The molecule has 34 heavy (non-hydrogen) atoms. The van der Waals surface area contributed by atoms with Crippen LogP contribution in [0.4, 0.5) is 11.6 Å². The van der Waals surface area contributed by atoms with E-state index in [9.17, 15) is 15.0 Å². The molecule has 3 heterocycles. The van der Waals surface area contributed by atoms with Gasteiger partial charge in [0.25, 0.3) is 0 Å². The predicted molar refractivity (Wildman–Crippen MR) is 129 cm³/mol. The Kier molecular flexibility index (Phi) is 5.59. The Labute approximate surface area is 200 Å². The van der Waals surface area contributed by atoms with Crippen molar-refractivity contribution in [2.45, 2.75) is 38.7 Å². The van der Waals surface area contributed by atoms with E-state index in [1.165, 1.54) is 17.7 Å². The fraction of sp³-hybridized carbons (Fsp3) is 0.240. The number of pyridine rings is 1. The molecule has 0 amide bonds. The van der Waals surface area contributed by atoms with Crippen molar-refractivity contribution in [1.29, 1.82) is 0 Å². The van der Waals surface area contributed by atoms with Crippen molar-refractivity contribution in [3.63, 3.8) is 0 Å². The van der Waals surface area contributed by atoms with Crippen LogP contribution in [0.5, 0.6) is 0 Å². The van der Waals surface area contributed by atoms with Crippen LogP contribution in [0.3, 0.4) is 0 Å². The van der Waals surface area contributed by atoms with Crippen LogP contribution in [-0.4, -0.2) is 36.1 Å². The lowest BCUT2D eigenvalue weighted by molar-refractivity contribution is 0.0607. The fourth-order valence-electron chi connectivity index (χ4n) is 4.32. The highest BCUT2D eigenvalue weighted by Crippen LogP contribution is 2.43. The first-order chi connectivity index (χ1) is 16.3. The number of rotatable bonds is 5. The van der Waals surface area contributed by atoms with Crippen LogP contribution in [0.1, 0.15) is 50.6 Å². The van der Waals surface area contributed by atoms with E-state index in [-0.39, 0.29) is 5.56 Å². The molecule has 0 fully saturated rings. The van der Waals surface area contributed by atoms with Crippen molar-refractivity contribution in [2.24, 2.45) is 0 Å². The number of carboxylic acids is 1. The van der Waals surface area contributed by atoms with Crippen molar-refractivity contribution in [1.82, 2.24) is 19.9 Å². The number of nitrogens with zero attached hydrogens (tertiary/aromatic N) is 4. The highest BCUT2D eigenvalue weighted by Gasteiger charge is 2.39. The molecule has 9 heteroatoms. The summed E-state index contributed by atoms with van der Waals surface area (Å²) < 4.78 is 0. The van der Waals surface area contributed by atoms with E-state index >= 15 is 0 Å². The molecule has 8 nitrogen and oxygen atoms in total. The van der Waals surface area contributed by atoms with Gasteiger partial charge in [-0.1, -0.05) is 6.07 Å². The summed E-state index contributed by atoms with van der Waals surface area (Å²) in [6.45, 7) is 3.89. The number of hydrogen-bond donors (Lipinski definition) is 3. The first kappa shape index (κ1) is 22.1. The maximum absolute atomic E-state index is 11.7. The number of anilines is 2. The molecule has 1 aromatic carbocycles. The van der Waals surface area contributed by atoms with E-state index in [1.807, 2.05) is 32.0 Å². The van der Waals surface area contributed by atoms with Gasteiger partial charge in [0, 0.05) is 18.0 Å². The summed E-state index contributed by atoms with van der Waals surface area (Å²) >= 11 is 1.40. The molecule has 0 saturated heterocycles. The highest BCUT2D eigenvalue weighted by atomic mass is 32.1. The molecule has 0 saturated carbocycles. The quantitative estimate of drug-likeness (QED) is 0.384. The molecule has 0 spiro atoms. The Hall–Kier alpha value is -3.69. The molecule has 0 radical (unpaired) electrons. The second-order valence-corrected chi connectivity index (χ2v) is 9.54. The number of nitrogens with one attached hydrogen (secondary N) is 1. The average molecular weight is 474 g/mol. The molecular weight excluding hydrogens is 450 g/mol. The number of aromatic carboxylic acids is 1. The van der Waals surface area contributed by atoms with E-state index in [4.69, 9.17) is 4.98 Å². The van der Waals surface area contributed by atoms with Gasteiger partial charge in [0.05, 0.1) is 16.1 Å². The van der Waals surface area contributed by atoms with Gasteiger partial charge in [-0.25, -0.2) is 24.7 Å². The van der Waals surface area contributed by atoms with Crippen LogP contribution in [-0.2, 0) is 12.0 Å². The summed E-state index contributed by atoms with van der Waals surface area (Å²) in [6, 6.07) is 10.7. The van der Waals surface area contributed by atoms with Gasteiger partial charge in [-0.2, -0.15) is 0 Å². The third-order valence-corrected chi connectivity index (χ3v) is 7.09. The summed E-state index contributed by atoms with van der Waals surface area (Å²) in [5.74, 6) is 0.349. The molecular formula is C25H23N5O3S. The lowest BCUT2D eigenvalue weighted by Gasteiger charge is -2.33. The van der Waals surface area contributed by atoms with Gasteiger partial charge >= 0.3 is 5.97 Å². The lowest BCUT2D eigenvalue weighted by Crippen LogP contribution is -2.32. The van der Waals surface area contributed by atoms with E-state index in [0.29, 0.717) is 23.1 Å². The number of aromatic nitrogens is 4. The summed E-state index contributed by atoms with van der Waals surface area (Å²) in [5, 5.41) is 24.8. The molecule has 172 valence electrons. The minimum atomic E-state index is -1.25. The SMILES string of the molecule is Cc1cc(Nc2cc(C)ncn2)nc(-c2cnc([C@@]3(O)CCCc4cc(C(=O)O)ccc43)s2)c1. The number of benzene rings is 1. The van der Waals surface area contributed by atoms with Gasteiger partial charge < -0.3 is 15.5 Å². The average Bonchev–Trinajstić information content (AvgIpc) is 3.30. The van der Waals surface area contributed by atoms with Gasteiger partial charge in [0.1, 0.15) is 28.6 Å². The summed E-state index contributed by atoms with van der Waals surface area (Å²) in [6.07, 6.45) is 5.25. The van der Waals surface area contributed by atoms with Crippen molar-refractivity contribution in [3.8, 4) is 10.6 Å². The molecule has 3 N–H and O–H groups in total. The van der Waals surface area contributed by atoms with Crippen LogP contribution < -0.4 is 5.32 Å². The van der Waals surface area contributed by atoms with E-state index in [0.717, 1.165) is 45.8 Å². The lowest BCUT2D eigenvalue weighted by atomic mass is 9.79. The standard InChI is InChI=1S/C25H23N5O3S/c1-14-8-19(29-22(9-14)30-21-10-15(2)27-13-28-21)20-12-26-24(34-20)25(33)7-3-4-16-11-17(23(31)32)5-6-18(16)25/h5-6,8-13,33H,3-4,7H2,1-2H3,(H,31,32)(H,27,28,29,30)/t25-/m1/s1. The smallest absolute Gasteiger partial charge is 0.335 e. The molecule has 3 aromatic heterocycles. The number of thiazole rings is 1. The number of carbonyl (C=O) groups is 1. The zero-order valence-electron chi connectivity index (χ0n) is 18.7. The Morgan fingerprint density at radius 3 is 2.74 bits per heavy atom. The molecule has 4 aromatic rings. The maximum atomic E-state index is 11.7. The summed E-state index contributed by atoms with van der Waals surface area (Å²) in [4.78, 5) is 29.9. The first-order valence-corrected chi connectivity index (χ1v) is 11.7. The normalized spacial score (nSPS) is 17.3. The molecule has 0 bridgehead atoms. The second-order valence-electron chi connectivity index (χ2n) is 8.51. The van der Waals surface area contributed by atoms with Crippen LogP contribution in [0, 0.1) is 13.8 Å². The zero-order chi connectivity index (χ0) is 23.9. The van der Waals surface area contributed by atoms with Crippen molar-refractivity contribution >= 4 is 28.9 Å². The topological polar surface area (TPSA) is 121 Å². The number of aliphatic hydroxyl groups is 1. The van der Waals surface area contributed by atoms with Crippen molar-refractivity contribution < 1.29 is 15.0 Å². The third kappa shape index (κ3) is 4.15. The molecule has 0 unspecified atom stereocenters. The first-order valence-electron chi connectivity index (χ1n) is 10.9. The van der Waals surface area contributed by atoms with Crippen LogP contribution in [0.25, 0.3) is 10.6 Å². The van der Waals surface area contributed by atoms with Crippen molar-refractivity contribution in [2.75, 3.05) is 5.32 Å². The molecule has 1 aliphatic rings. The fourth-order valence-corrected chi connectivity index (χ4v) is 5.33. The maximum Gasteiger partial charge on any atom is 0.335 e. The van der Waals surface area contributed by atoms with E-state index < -0.39 is 11.6 Å². The molecule has 1 aliphatic carbocycles. The molecule has 0 aliphatic heterocycles. The Morgan fingerprint density at radius 1 is 1.09 bits per heavy atom.